The van der Waals surface area contributed by atoms with Crippen molar-refractivity contribution >= 4 is 5.91 Å². The van der Waals surface area contributed by atoms with Gasteiger partial charge in [0, 0.05) is 5.56 Å². The molecule has 0 aromatic heterocycles. The van der Waals surface area contributed by atoms with Gasteiger partial charge in [0.1, 0.15) is 11.8 Å². The molecule has 1 rings (SSSR count). The summed E-state index contributed by atoms with van der Waals surface area (Å²) in [6, 6.07) is 8.28. The molecule has 0 fully saturated rings. The minimum Gasteiger partial charge on any atom is -0.508 e. The van der Waals surface area contributed by atoms with E-state index in [9.17, 15) is 9.90 Å². The second kappa shape index (κ2) is 6.54. The van der Waals surface area contributed by atoms with Crippen molar-refractivity contribution in [1.82, 2.24) is 5.32 Å². The number of carbonyl (C=O) groups is 1. The highest BCUT2D eigenvalue weighted by atomic mass is 16.3. The van der Waals surface area contributed by atoms with E-state index < -0.39 is 6.04 Å². The summed E-state index contributed by atoms with van der Waals surface area (Å²) >= 11 is 0. The largest absolute Gasteiger partial charge is 0.508 e. The summed E-state index contributed by atoms with van der Waals surface area (Å²) in [4.78, 5) is 11.6. The summed E-state index contributed by atoms with van der Waals surface area (Å²) in [5.74, 6) is -0.141. The van der Waals surface area contributed by atoms with E-state index in [1.54, 1.807) is 18.2 Å². The highest BCUT2D eigenvalue weighted by Gasteiger charge is 2.12. The van der Waals surface area contributed by atoms with Crippen LogP contribution in [0.4, 0.5) is 0 Å². The molecule has 0 aliphatic heterocycles. The van der Waals surface area contributed by atoms with Crippen LogP contribution in [-0.4, -0.2) is 17.1 Å². The molecule has 17 heavy (non-hydrogen) atoms. The Morgan fingerprint density at radius 3 is 2.82 bits per heavy atom. The molecule has 2 N–H and O–H groups in total. The van der Waals surface area contributed by atoms with Crippen LogP contribution in [0.15, 0.2) is 24.3 Å². The molecule has 90 valence electrons. The smallest absolute Gasteiger partial charge is 0.225 e. The molecule has 4 heteroatoms. The van der Waals surface area contributed by atoms with E-state index in [2.05, 4.69) is 5.32 Å². The first-order chi connectivity index (χ1) is 8.17. The summed E-state index contributed by atoms with van der Waals surface area (Å²) in [6.07, 6.45) is 1.58. The summed E-state index contributed by atoms with van der Waals surface area (Å²) in [7, 11) is 0. The molecule has 0 saturated carbocycles. The number of hydrogen-bond acceptors (Lipinski definition) is 3. The summed E-state index contributed by atoms with van der Waals surface area (Å²) in [6.45, 7) is 1.96. The Hall–Kier alpha value is -2.02. The van der Waals surface area contributed by atoms with Crippen LogP contribution >= 0.6 is 0 Å². The molecule has 0 saturated heterocycles. The van der Waals surface area contributed by atoms with Gasteiger partial charge in [0.25, 0.3) is 0 Å². The molecule has 1 unspecified atom stereocenters. The van der Waals surface area contributed by atoms with Crippen LogP contribution < -0.4 is 5.32 Å². The van der Waals surface area contributed by atoms with Crippen LogP contribution in [0.3, 0.4) is 0 Å². The van der Waals surface area contributed by atoms with Crippen molar-refractivity contribution in [2.24, 2.45) is 0 Å². The molecule has 1 atom stereocenters. The molecule has 0 heterocycles. The first-order valence-corrected chi connectivity index (χ1v) is 5.63. The van der Waals surface area contributed by atoms with Gasteiger partial charge >= 0.3 is 0 Å². The first-order valence-electron chi connectivity index (χ1n) is 5.63. The summed E-state index contributed by atoms with van der Waals surface area (Å²) < 4.78 is 0. The number of nitrogens with zero attached hydrogens (tertiary/aromatic N) is 1. The Balaban J connectivity index is 2.56. The Morgan fingerprint density at radius 2 is 2.24 bits per heavy atom. The highest BCUT2D eigenvalue weighted by molar-refractivity contribution is 5.79. The van der Waals surface area contributed by atoms with Gasteiger partial charge in [-0.1, -0.05) is 31.5 Å². The Kier molecular flexibility index (Phi) is 5.02. The third kappa shape index (κ3) is 4.15. The molecule has 1 aromatic rings. The van der Waals surface area contributed by atoms with E-state index >= 15 is 0 Å². The summed E-state index contributed by atoms with van der Waals surface area (Å²) in [5, 5.41) is 21.0. The normalized spacial score (nSPS) is 11.5. The van der Waals surface area contributed by atoms with Crippen LogP contribution in [0.2, 0.25) is 0 Å². The van der Waals surface area contributed by atoms with Gasteiger partial charge in [0.2, 0.25) is 5.91 Å². The van der Waals surface area contributed by atoms with Crippen molar-refractivity contribution in [2.45, 2.75) is 32.2 Å². The van der Waals surface area contributed by atoms with Crippen LogP contribution in [0.25, 0.3) is 0 Å². The Morgan fingerprint density at radius 1 is 1.53 bits per heavy atom. The van der Waals surface area contributed by atoms with Gasteiger partial charge in [-0.05, 0) is 12.5 Å². The number of hydrogen-bond donors (Lipinski definition) is 2. The molecule has 1 aromatic carbocycles. The van der Waals surface area contributed by atoms with E-state index in [-0.39, 0.29) is 18.1 Å². The van der Waals surface area contributed by atoms with E-state index in [0.717, 1.165) is 6.42 Å². The monoisotopic (exact) mass is 232 g/mol. The quantitative estimate of drug-likeness (QED) is 0.812. The van der Waals surface area contributed by atoms with Crippen LogP contribution in [0, 0.1) is 11.3 Å². The lowest BCUT2D eigenvalue weighted by Gasteiger charge is -2.10. The van der Waals surface area contributed by atoms with Crippen LogP contribution in [0.1, 0.15) is 25.3 Å². The van der Waals surface area contributed by atoms with Gasteiger partial charge in [-0.15, -0.1) is 0 Å². The van der Waals surface area contributed by atoms with E-state index in [0.29, 0.717) is 12.0 Å². The molecule has 0 bridgehead atoms. The second-order valence-corrected chi connectivity index (χ2v) is 3.84. The van der Waals surface area contributed by atoms with E-state index in [1.807, 2.05) is 13.0 Å². The van der Waals surface area contributed by atoms with Gasteiger partial charge in [-0.3, -0.25) is 4.79 Å². The van der Waals surface area contributed by atoms with Crippen LogP contribution in [0.5, 0.6) is 5.75 Å². The molecule has 4 nitrogen and oxygen atoms in total. The van der Waals surface area contributed by atoms with Gasteiger partial charge in [0.15, 0.2) is 0 Å². The number of amides is 1. The van der Waals surface area contributed by atoms with Gasteiger partial charge in [-0.25, -0.2) is 0 Å². The lowest BCUT2D eigenvalue weighted by atomic mass is 10.1. The fourth-order valence-electron chi connectivity index (χ4n) is 1.54. The number of benzene rings is 1. The number of carbonyl (C=O) groups excluding carboxylic acids is 1. The van der Waals surface area contributed by atoms with Crippen molar-refractivity contribution < 1.29 is 9.90 Å². The van der Waals surface area contributed by atoms with Crippen molar-refractivity contribution in [1.29, 1.82) is 5.26 Å². The number of para-hydroxylation sites is 1. The number of rotatable bonds is 5. The number of aromatic hydroxyl groups is 1. The standard InChI is InChI=1S/C13H16N2O2/c1-2-5-11(9-14)15-13(17)8-10-6-3-4-7-12(10)16/h3-4,6-7,11,16H,2,5,8H2,1H3,(H,15,17). The molecular weight excluding hydrogens is 216 g/mol. The SMILES string of the molecule is CCCC(C#N)NC(=O)Cc1ccccc1O. The van der Waals surface area contributed by atoms with Crippen molar-refractivity contribution in [3.05, 3.63) is 29.8 Å². The van der Waals surface area contributed by atoms with Crippen molar-refractivity contribution in [3.63, 3.8) is 0 Å². The maximum Gasteiger partial charge on any atom is 0.225 e. The number of nitriles is 1. The zero-order valence-electron chi connectivity index (χ0n) is 9.81. The predicted octanol–water partition coefficient (Wildman–Crippen LogP) is 1.74. The summed E-state index contributed by atoms with van der Waals surface area (Å²) in [5.41, 5.74) is 0.568. The highest BCUT2D eigenvalue weighted by Crippen LogP contribution is 2.15. The zero-order chi connectivity index (χ0) is 12.7. The van der Waals surface area contributed by atoms with Gasteiger partial charge in [0.05, 0.1) is 12.5 Å². The van der Waals surface area contributed by atoms with Crippen molar-refractivity contribution in [3.8, 4) is 11.8 Å². The third-order valence-electron chi connectivity index (χ3n) is 2.41. The minimum absolute atomic E-state index is 0.0918. The van der Waals surface area contributed by atoms with Crippen LogP contribution in [-0.2, 0) is 11.2 Å². The average molecular weight is 232 g/mol. The second-order valence-electron chi connectivity index (χ2n) is 3.84. The van der Waals surface area contributed by atoms with E-state index in [1.165, 1.54) is 6.07 Å². The van der Waals surface area contributed by atoms with E-state index in [4.69, 9.17) is 5.26 Å². The molecule has 0 spiro atoms. The van der Waals surface area contributed by atoms with Crippen molar-refractivity contribution in [2.75, 3.05) is 0 Å². The first kappa shape index (κ1) is 13.0. The maximum atomic E-state index is 11.6. The molecule has 0 aliphatic carbocycles. The molecule has 0 radical (unpaired) electrons. The Labute approximate surface area is 101 Å². The minimum atomic E-state index is -0.446. The fraction of sp³-hybridized carbons (Fsp3) is 0.385. The zero-order valence-corrected chi connectivity index (χ0v) is 9.81. The predicted molar refractivity (Wildman–Crippen MR) is 64.3 cm³/mol. The lowest BCUT2D eigenvalue weighted by Crippen LogP contribution is -2.34. The lowest BCUT2D eigenvalue weighted by molar-refractivity contribution is -0.120. The molecule has 1 amide bonds. The number of phenols is 1. The van der Waals surface area contributed by atoms with Gasteiger partial charge < -0.3 is 10.4 Å². The number of phenolic OH excluding ortho intramolecular Hbond substituents is 1. The third-order valence-corrected chi connectivity index (χ3v) is 2.41. The fourth-order valence-corrected chi connectivity index (χ4v) is 1.54. The molecule has 0 aliphatic rings. The topological polar surface area (TPSA) is 73.1 Å². The molecular formula is C13H16N2O2. The average Bonchev–Trinajstić information content (AvgIpc) is 2.31. The Bertz CT molecular complexity index is 424. The maximum absolute atomic E-state index is 11.6. The number of nitrogens with one attached hydrogen (secondary N) is 1. The van der Waals surface area contributed by atoms with Gasteiger partial charge in [-0.2, -0.15) is 5.26 Å².